The third kappa shape index (κ3) is 3.96. The van der Waals surface area contributed by atoms with Crippen molar-refractivity contribution < 1.29 is 9.53 Å². The molecule has 14 heavy (non-hydrogen) atoms. The number of rotatable bonds is 3. The first kappa shape index (κ1) is 12.0. The van der Waals surface area contributed by atoms with Gasteiger partial charge in [0.25, 0.3) is 0 Å². The van der Waals surface area contributed by atoms with Crippen LogP contribution in [0.3, 0.4) is 0 Å². The van der Waals surface area contributed by atoms with Gasteiger partial charge in [0.05, 0.1) is 0 Å². The van der Waals surface area contributed by atoms with Crippen molar-refractivity contribution in [3.05, 3.63) is 34.3 Å². The van der Waals surface area contributed by atoms with Gasteiger partial charge >= 0.3 is 5.97 Å². The number of carbonyl (C=O) groups excluding carboxylic acids is 1. The summed E-state index contributed by atoms with van der Waals surface area (Å²) < 4.78 is 5.97. The molecule has 0 fully saturated rings. The lowest BCUT2D eigenvalue weighted by atomic mass is 10.2. The van der Waals surface area contributed by atoms with Crippen molar-refractivity contribution in [1.82, 2.24) is 0 Å². The number of alkyl halides is 1. The first-order valence-electron chi connectivity index (χ1n) is 4.15. The molecule has 76 valence electrons. The minimum absolute atomic E-state index is 0.0975. The summed E-state index contributed by atoms with van der Waals surface area (Å²) in [5, 5.41) is 0. The van der Waals surface area contributed by atoms with Crippen molar-refractivity contribution in [1.29, 1.82) is 0 Å². The fourth-order valence-electron chi connectivity index (χ4n) is 0.896. The molecular weight excluding hydrogens is 359 g/mol. The molecule has 0 amide bonds. The maximum atomic E-state index is 11.2. The number of hydrogen-bond donors (Lipinski definition) is 0. The molecule has 1 aromatic rings. The summed E-state index contributed by atoms with van der Waals surface area (Å²) in [6.07, 6.45) is 0. The van der Waals surface area contributed by atoms with E-state index < -0.39 is 0 Å². The van der Waals surface area contributed by atoms with E-state index in [0.29, 0.717) is 6.61 Å². The van der Waals surface area contributed by atoms with Crippen molar-refractivity contribution in [2.24, 2.45) is 0 Å². The Kier molecular flexibility index (Phi) is 4.88. The van der Waals surface area contributed by atoms with Crippen LogP contribution in [0.15, 0.2) is 28.7 Å². The van der Waals surface area contributed by atoms with Gasteiger partial charge in [-0.3, -0.25) is 4.79 Å². The maximum absolute atomic E-state index is 11.2. The van der Waals surface area contributed by atoms with Crippen LogP contribution in [-0.2, 0) is 16.1 Å². The summed E-state index contributed by atoms with van der Waals surface area (Å²) in [5.41, 5.74) is 0.991. The first-order valence-corrected chi connectivity index (χ1v) is 6.18. The minimum Gasteiger partial charge on any atom is -0.460 e. The standard InChI is InChI=1S/C10H10BrIO2/c1-7(12)10(13)14-6-8-3-2-4-9(11)5-8/h2-5,7H,6H2,1H3/t7-/m0/s1. The van der Waals surface area contributed by atoms with E-state index in [2.05, 4.69) is 15.9 Å². The molecular formula is C10H10BrIO2. The van der Waals surface area contributed by atoms with Crippen LogP contribution in [0, 0.1) is 0 Å². The highest BCUT2D eigenvalue weighted by Gasteiger charge is 2.09. The van der Waals surface area contributed by atoms with E-state index in [1.165, 1.54) is 0 Å². The van der Waals surface area contributed by atoms with Crippen molar-refractivity contribution in [3.63, 3.8) is 0 Å². The zero-order valence-corrected chi connectivity index (χ0v) is 11.4. The van der Waals surface area contributed by atoms with Gasteiger partial charge in [0.15, 0.2) is 0 Å². The molecule has 0 N–H and O–H groups in total. The predicted molar refractivity (Wildman–Crippen MR) is 67.4 cm³/mol. The first-order chi connectivity index (χ1) is 6.59. The Labute approximate surface area is 105 Å². The lowest BCUT2D eigenvalue weighted by molar-refractivity contribution is -0.143. The average Bonchev–Trinajstić information content (AvgIpc) is 2.14. The second kappa shape index (κ2) is 5.70. The number of ether oxygens (including phenoxy) is 1. The number of hydrogen-bond acceptors (Lipinski definition) is 2. The summed E-state index contributed by atoms with van der Waals surface area (Å²) in [4.78, 5) is 11.2. The zero-order chi connectivity index (χ0) is 10.6. The highest BCUT2D eigenvalue weighted by atomic mass is 127. The number of halogens is 2. The van der Waals surface area contributed by atoms with Gasteiger partial charge in [-0.25, -0.2) is 0 Å². The fraction of sp³-hybridized carbons (Fsp3) is 0.300. The Bertz CT molecular complexity index is 326. The molecule has 1 rings (SSSR count). The second-order valence-electron chi connectivity index (χ2n) is 2.85. The molecule has 0 heterocycles. The molecule has 4 heteroatoms. The summed E-state index contributed by atoms with van der Waals surface area (Å²) in [7, 11) is 0. The van der Waals surface area contributed by atoms with Gasteiger partial charge in [0.2, 0.25) is 0 Å². The van der Waals surface area contributed by atoms with Crippen LogP contribution in [0.25, 0.3) is 0 Å². The molecule has 1 atom stereocenters. The van der Waals surface area contributed by atoms with E-state index in [-0.39, 0.29) is 9.89 Å². The Hall–Kier alpha value is -0.100. The molecule has 0 aliphatic rings. The van der Waals surface area contributed by atoms with Crippen molar-refractivity contribution >= 4 is 44.5 Å². The fourth-order valence-corrected chi connectivity index (χ4v) is 1.52. The van der Waals surface area contributed by atoms with E-state index in [9.17, 15) is 4.79 Å². The molecule has 0 unspecified atom stereocenters. The van der Waals surface area contributed by atoms with Gasteiger partial charge in [-0.2, -0.15) is 0 Å². The molecule has 0 radical (unpaired) electrons. The van der Waals surface area contributed by atoms with Crippen molar-refractivity contribution in [2.75, 3.05) is 0 Å². The third-order valence-corrected chi connectivity index (χ3v) is 2.60. The molecule has 0 saturated carbocycles. The Morgan fingerprint density at radius 2 is 2.36 bits per heavy atom. The summed E-state index contributed by atoms with van der Waals surface area (Å²) in [6.45, 7) is 2.15. The van der Waals surface area contributed by atoms with E-state index >= 15 is 0 Å². The average molecular weight is 369 g/mol. The molecule has 0 aliphatic carbocycles. The molecule has 1 aromatic carbocycles. The molecule has 2 nitrogen and oxygen atoms in total. The smallest absolute Gasteiger partial charge is 0.318 e. The molecule has 0 spiro atoms. The van der Waals surface area contributed by atoms with Crippen molar-refractivity contribution in [3.8, 4) is 0 Å². The van der Waals surface area contributed by atoms with E-state index in [4.69, 9.17) is 4.74 Å². The lowest BCUT2D eigenvalue weighted by Crippen LogP contribution is -2.13. The maximum Gasteiger partial charge on any atom is 0.318 e. The molecule has 0 aliphatic heterocycles. The monoisotopic (exact) mass is 368 g/mol. The molecule has 0 saturated heterocycles. The van der Waals surface area contributed by atoms with Crippen LogP contribution in [-0.4, -0.2) is 9.89 Å². The van der Waals surface area contributed by atoms with Crippen molar-refractivity contribution in [2.45, 2.75) is 17.5 Å². The largest absolute Gasteiger partial charge is 0.460 e. The quantitative estimate of drug-likeness (QED) is 0.464. The van der Waals surface area contributed by atoms with E-state index in [1.54, 1.807) is 0 Å². The van der Waals surface area contributed by atoms with Gasteiger partial charge in [-0.05, 0) is 24.6 Å². The second-order valence-corrected chi connectivity index (χ2v) is 5.64. The number of carbonyl (C=O) groups is 1. The summed E-state index contributed by atoms with van der Waals surface area (Å²) in [5.74, 6) is -0.175. The zero-order valence-electron chi connectivity index (χ0n) is 7.67. The molecule has 0 aromatic heterocycles. The summed E-state index contributed by atoms with van der Waals surface area (Å²) >= 11 is 5.39. The van der Waals surface area contributed by atoms with Crippen LogP contribution in [0.4, 0.5) is 0 Å². The lowest BCUT2D eigenvalue weighted by Gasteiger charge is -2.06. The topological polar surface area (TPSA) is 26.3 Å². The normalized spacial score (nSPS) is 12.2. The van der Waals surface area contributed by atoms with Gasteiger partial charge in [0, 0.05) is 4.47 Å². The highest BCUT2D eigenvalue weighted by Crippen LogP contribution is 2.13. The van der Waals surface area contributed by atoms with Gasteiger partial charge in [-0.15, -0.1) is 0 Å². The van der Waals surface area contributed by atoms with Gasteiger partial charge in [0.1, 0.15) is 10.5 Å². The third-order valence-electron chi connectivity index (χ3n) is 1.59. The Morgan fingerprint density at radius 3 is 2.93 bits per heavy atom. The van der Waals surface area contributed by atoms with E-state index in [1.807, 2.05) is 53.8 Å². The minimum atomic E-state index is -0.175. The Morgan fingerprint density at radius 1 is 1.64 bits per heavy atom. The van der Waals surface area contributed by atoms with Crippen LogP contribution in [0.1, 0.15) is 12.5 Å². The van der Waals surface area contributed by atoms with Crippen LogP contribution < -0.4 is 0 Å². The van der Waals surface area contributed by atoms with Crippen LogP contribution in [0.2, 0.25) is 0 Å². The number of esters is 1. The Balaban J connectivity index is 2.50. The summed E-state index contributed by atoms with van der Waals surface area (Å²) in [6, 6.07) is 7.72. The van der Waals surface area contributed by atoms with Gasteiger partial charge in [-0.1, -0.05) is 50.7 Å². The van der Waals surface area contributed by atoms with Crippen LogP contribution >= 0.6 is 38.5 Å². The van der Waals surface area contributed by atoms with Gasteiger partial charge < -0.3 is 4.74 Å². The van der Waals surface area contributed by atoms with Crippen LogP contribution in [0.5, 0.6) is 0 Å². The molecule has 0 bridgehead atoms. The van der Waals surface area contributed by atoms with E-state index in [0.717, 1.165) is 10.0 Å². The number of benzene rings is 1. The predicted octanol–water partition coefficient (Wildman–Crippen LogP) is 3.32. The SMILES string of the molecule is C[C@H](I)C(=O)OCc1cccc(Br)c1. The highest BCUT2D eigenvalue weighted by molar-refractivity contribution is 14.1.